The number of piperidine rings is 1. The first-order valence-corrected chi connectivity index (χ1v) is 9.20. The summed E-state index contributed by atoms with van der Waals surface area (Å²) < 4.78 is 21.4. The van der Waals surface area contributed by atoms with E-state index in [1.165, 1.54) is 6.07 Å². The van der Waals surface area contributed by atoms with Crippen molar-refractivity contribution in [2.24, 2.45) is 24.8 Å². The average molecular weight is 351 g/mol. The van der Waals surface area contributed by atoms with Crippen LogP contribution in [0, 0.1) is 23.6 Å². The summed E-state index contributed by atoms with van der Waals surface area (Å²) in [5, 5.41) is 0. The fraction of sp³-hybridized carbons (Fsp3) is 0.381. The first kappa shape index (κ1) is 15.8. The van der Waals surface area contributed by atoms with Crippen LogP contribution in [0.3, 0.4) is 0 Å². The highest BCUT2D eigenvalue weighted by Gasteiger charge is 2.55. The van der Waals surface area contributed by atoms with Gasteiger partial charge in [-0.1, -0.05) is 18.2 Å². The lowest BCUT2D eigenvalue weighted by atomic mass is 10.2. The van der Waals surface area contributed by atoms with Gasteiger partial charge in [0.2, 0.25) is 0 Å². The van der Waals surface area contributed by atoms with E-state index < -0.39 is 0 Å². The summed E-state index contributed by atoms with van der Waals surface area (Å²) in [4.78, 5) is 7.15. The Morgan fingerprint density at radius 1 is 1.12 bits per heavy atom. The normalized spacial score (nSPS) is 24.8. The number of rotatable bonds is 5. The molecule has 3 aromatic rings. The van der Waals surface area contributed by atoms with Crippen LogP contribution in [0.25, 0.3) is 11.0 Å². The van der Waals surface area contributed by atoms with Gasteiger partial charge in [0.25, 0.3) is 0 Å². The Bertz CT molecular complexity index is 927. The molecule has 5 heteroatoms. The molecular weight excluding hydrogens is 329 g/mol. The summed E-state index contributed by atoms with van der Waals surface area (Å²) in [5.74, 6) is 3.92. The number of benzene rings is 2. The fourth-order valence-corrected chi connectivity index (χ4v) is 4.38. The Labute approximate surface area is 152 Å². The van der Waals surface area contributed by atoms with Gasteiger partial charge >= 0.3 is 0 Å². The van der Waals surface area contributed by atoms with E-state index in [1.54, 1.807) is 12.1 Å². The van der Waals surface area contributed by atoms with Crippen LogP contribution in [0.2, 0.25) is 0 Å². The lowest BCUT2D eigenvalue weighted by Gasteiger charge is -2.19. The molecule has 26 heavy (non-hydrogen) atoms. The van der Waals surface area contributed by atoms with Gasteiger partial charge in [0.05, 0.1) is 24.2 Å². The van der Waals surface area contributed by atoms with Gasteiger partial charge in [0.1, 0.15) is 17.4 Å². The first-order chi connectivity index (χ1) is 12.7. The Morgan fingerprint density at radius 2 is 1.88 bits per heavy atom. The molecule has 2 aromatic carbocycles. The lowest BCUT2D eigenvalue weighted by molar-refractivity contribution is 0.226. The van der Waals surface area contributed by atoms with Crippen LogP contribution in [0.5, 0.6) is 5.75 Å². The van der Waals surface area contributed by atoms with Gasteiger partial charge < -0.3 is 9.30 Å². The molecule has 0 spiro atoms. The maximum atomic E-state index is 13.5. The van der Waals surface area contributed by atoms with Crippen LogP contribution in [-0.4, -0.2) is 34.1 Å². The molecular formula is C21H22FN3O. The zero-order valence-corrected chi connectivity index (χ0v) is 14.8. The van der Waals surface area contributed by atoms with Crippen molar-refractivity contribution in [3.8, 4) is 5.75 Å². The molecule has 2 heterocycles. The average Bonchev–Trinajstić information content (AvgIpc) is 2.97. The molecule has 2 fully saturated rings. The zero-order chi connectivity index (χ0) is 17.7. The van der Waals surface area contributed by atoms with Gasteiger partial charge in [0.15, 0.2) is 0 Å². The number of aromatic nitrogens is 2. The molecule has 1 aliphatic carbocycles. The number of hydrogen-bond acceptors (Lipinski definition) is 3. The van der Waals surface area contributed by atoms with E-state index in [0.717, 1.165) is 60.7 Å². The van der Waals surface area contributed by atoms with E-state index >= 15 is 0 Å². The van der Waals surface area contributed by atoms with Crippen LogP contribution < -0.4 is 4.74 Å². The number of halogens is 1. The second-order valence-electron chi connectivity index (χ2n) is 7.53. The van der Waals surface area contributed by atoms with Crippen LogP contribution in [-0.2, 0) is 13.6 Å². The number of ether oxygens (including phenoxy) is 1. The second kappa shape index (κ2) is 6.09. The summed E-state index contributed by atoms with van der Waals surface area (Å²) in [6.45, 7) is 3.85. The lowest BCUT2D eigenvalue weighted by Crippen LogP contribution is -2.26. The number of imidazole rings is 1. The van der Waals surface area contributed by atoms with E-state index in [1.807, 2.05) is 41.9 Å². The Hall–Kier alpha value is -2.40. The van der Waals surface area contributed by atoms with Crippen LogP contribution in [0.4, 0.5) is 4.39 Å². The summed E-state index contributed by atoms with van der Waals surface area (Å²) in [6.07, 6.45) is 0. The van der Waals surface area contributed by atoms with Gasteiger partial charge in [-0.3, -0.25) is 4.90 Å². The van der Waals surface area contributed by atoms with Crippen molar-refractivity contribution >= 4 is 11.0 Å². The Morgan fingerprint density at radius 3 is 2.65 bits per heavy atom. The maximum absolute atomic E-state index is 13.5. The number of fused-ring (bicyclic) bond motifs is 2. The topological polar surface area (TPSA) is 30.3 Å². The molecule has 0 radical (unpaired) electrons. The minimum atomic E-state index is -0.212. The summed E-state index contributed by atoms with van der Waals surface area (Å²) in [5.41, 5.74) is 1.72. The van der Waals surface area contributed by atoms with Crippen molar-refractivity contribution in [2.45, 2.75) is 6.54 Å². The van der Waals surface area contributed by atoms with Gasteiger partial charge in [-0.2, -0.15) is 0 Å². The summed E-state index contributed by atoms with van der Waals surface area (Å²) in [6, 6.07) is 14.8. The number of likely N-dealkylation sites (tertiary alicyclic amines) is 1. The second-order valence-corrected chi connectivity index (χ2v) is 7.53. The third-order valence-electron chi connectivity index (χ3n) is 5.93. The van der Waals surface area contributed by atoms with Gasteiger partial charge in [-0.05, 0) is 42.2 Å². The third-order valence-corrected chi connectivity index (χ3v) is 5.93. The van der Waals surface area contributed by atoms with Crippen molar-refractivity contribution in [3.63, 3.8) is 0 Å². The molecule has 0 N–H and O–H groups in total. The molecule has 1 aromatic heterocycles. The maximum Gasteiger partial charge on any atom is 0.125 e. The number of hydrogen-bond donors (Lipinski definition) is 0. The number of nitrogens with zero attached hydrogens (tertiary/aromatic N) is 3. The van der Waals surface area contributed by atoms with Crippen LogP contribution >= 0.6 is 0 Å². The molecule has 1 aliphatic heterocycles. The zero-order valence-electron chi connectivity index (χ0n) is 14.8. The third kappa shape index (κ3) is 2.76. The smallest absolute Gasteiger partial charge is 0.125 e. The number of para-hydroxylation sites is 1. The summed E-state index contributed by atoms with van der Waals surface area (Å²) >= 11 is 0. The predicted molar refractivity (Wildman–Crippen MR) is 98.4 cm³/mol. The van der Waals surface area contributed by atoms with Crippen molar-refractivity contribution in [2.75, 3.05) is 19.7 Å². The SMILES string of the molecule is Cn1c(CN2C[C@@H]3C(COc4ccccc4)[C@@H]3C2)nc2ccc(F)cc21. The van der Waals surface area contributed by atoms with E-state index in [4.69, 9.17) is 4.74 Å². The quantitative estimate of drug-likeness (QED) is 0.705. The van der Waals surface area contributed by atoms with Crippen molar-refractivity contribution in [1.29, 1.82) is 0 Å². The minimum absolute atomic E-state index is 0.212. The van der Waals surface area contributed by atoms with E-state index in [9.17, 15) is 4.39 Å². The Kier molecular flexibility index (Phi) is 3.71. The van der Waals surface area contributed by atoms with E-state index in [-0.39, 0.29) is 5.82 Å². The van der Waals surface area contributed by atoms with Gasteiger partial charge in [-0.15, -0.1) is 0 Å². The highest BCUT2D eigenvalue weighted by Crippen LogP contribution is 2.52. The molecule has 5 rings (SSSR count). The van der Waals surface area contributed by atoms with Crippen molar-refractivity contribution < 1.29 is 9.13 Å². The predicted octanol–water partition coefficient (Wildman–Crippen LogP) is 3.47. The molecule has 1 saturated heterocycles. The first-order valence-electron chi connectivity index (χ1n) is 9.20. The van der Waals surface area contributed by atoms with E-state index in [0.29, 0.717) is 5.92 Å². The van der Waals surface area contributed by atoms with Crippen LogP contribution in [0.15, 0.2) is 48.5 Å². The standard InChI is InChI=1S/C21H22FN3O/c1-24-20-9-14(22)7-8-19(20)23-21(24)12-25-10-16-17(11-25)18(16)13-26-15-5-3-2-4-6-15/h2-9,16-18H,10-13H2,1H3/t16-,17+,18?. The molecule has 0 bridgehead atoms. The van der Waals surface area contributed by atoms with Gasteiger partial charge in [0, 0.05) is 26.1 Å². The molecule has 3 atom stereocenters. The van der Waals surface area contributed by atoms with Crippen molar-refractivity contribution in [1.82, 2.24) is 14.5 Å². The van der Waals surface area contributed by atoms with Crippen molar-refractivity contribution in [3.05, 3.63) is 60.2 Å². The Balaban J connectivity index is 1.19. The van der Waals surface area contributed by atoms with Gasteiger partial charge in [-0.25, -0.2) is 9.37 Å². The number of aryl methyl sites for hydroxylation is 1. The van der Waals surface area contributed by atoms with E-state index in [2.05, 4.69) is 9.88 Å². The molecule has 0 amide bonds. The molecule has 4 nitrogen and oxygen atoms in total. The van der Waals surface area contributed by atoms with Crippen LogP contribution in [0.1, 0.15) is 5.82 Å². The fourth-order valence-electron chi connectivity index (χ4n) is 4.38. The molecule has 2 aliphatic rings. The highest BCUT2D eigenvalue weighted by molar-refractivity contribution is 5.75. The minimum Gasteiger partial charge on any atom is -0.493 e. The summed E-state index contributed by atoms with van der Waals surface area (Å²) in [7, 11) is 1.97. The highest BCUT2D eigenvalue weighted by atomic mass is 19.1. The molecule has 1 unspecified atom stereocenters. The largest absolute Gasteiger partial charge is 0.493 e. The molecule has 1 saturated carbocycles. The molecule has 134 valence electrons. The monoisotopic (exact) mass is 351 g/mol.